The van der Waals surface area contributed by atoms with Crippen LogP contribution in [-0.4, -0.2) is 16.7 Å². The molecule has 0 atom stereocenters. The maximum Gasteiger partial charge on any atom is 1.00 e. The van der Waals surface area contributed by atoms with E-state index in [1.165, 1.54) is 28.8 Å². The standard InChI is InChI=1S/C34H41FO3.Na/c1-7-33(38,8-2)18-17-25-13-14-28(19-23(25)5)34(9-3,10-4)29-15-16-30(24(6)20-29)26-11-12-27(22-32(36)37)31(35)21-26;/h11-21,38H,7-10,22H2,1-6H3,(H,36,37);/q;+1/p-1/b18-17+;. The second-order valence-corrected chi connectivity index (χ2v) is 10.4. The van der Waals surface area contributed by atoms with E-state index >= 15 is 0 Å². The van der Waals surface area contributed by atoms with Gasteiger partial charge in [-0.25, -0.2) is 4.39 Å². The monoisotopic (exact) mass is 538 g/mol. The zero-order valence-corrected chi connectivity index (χ0v) is 26.5. The first-order chi connectivity index (χ1) is 18.0. The molecule has 0 unspecified atom stereocenters. The largest absolute Gasteiger partial charge is 1.00 e. The molecule has 0 bridgehead atoms. The maximum atomic E-state index is 14.5. The summed E-state index contributed by atoms with van der Waals surface area (Å²) in [6.45, 7) is 12.6. The van der Waals surface area contributed by atoms with Crippen LogP contribution in [0.25, 0.3) is 17.2 Å². The minimum atomic E-state index is -1.30. The molecular formula is C34H40FNaO3. The summed E-state index contributed by atoms with van der Waals surface area (Å²) < 4.78 is 14.5. The normalized spacial score (nSPS) is 12.0. The number of halogens is 1. The molecule has 0 radical (unpaired) electrons. The van der Waals surface area contributed by atoms with Gasteiger partial charge >= 0.3 is 29.6 Å². The molecule has 0 aromatic heterocycles. The molecule has 3 nitrogen and oxygen atoms in total. The Bertz CT molecular complexity index is 1320. The molecule has 0 saturated carbocycles. The van der Waals surface area contributed by atoms with Gasteiger partial charge in [0.05, 0.1) is 5.60 Å². The summed E-state index contributed by atoms with van der Waals surface area (Å²) in [5.74, 6) is -1.83. The van der Waals surface area contributed by atoms with E-state index in [9.17, 15) is 19.4 Å². The van der Waals surface area contributed by atoms with Crippen molar-refractivity contribution >= 4 is 12.0 Å². The molecule has 3 aromatic rings. The Hall–Kier alpha value is -2.24. The van der Waals surface area contributed by atoms with Gasteiger partial charge in [0.25, 0.3) is 0 Å². The number of hydrogen-bond donors (Lipinski definition) is 1. The van der Waals surface area contributed by atoms with E-state index in [0.717, 1.165) is 35.1 Å². The summed E-state index contributed by atoms with van der Waals surface area (Å²) in [6.07, 6.45) is 6.71. The van der Waals surface area contributed by atoms with E-state index in [0.29, 0.717) is 12.8 Å². The number of carboxylic acids is 1. The molecule has 0 spiro atoms. The fraction of sp³-hybridized carbons (Fsp3) is 0.382. The van der Waals surface area contributed by atoms with Gasteiger partial charge in [-0.2, -0.15) is 0 Å². The van der Waals surface area contributed by atoms with Crippen molar-refractivity contribution in [2.24, 2.45) is 0 Å². The zero-order valence-electron chi connectivity index (χ0n) is 24.5. The van der Waals surface area contributed by atoms with Crippen LogP contribution in [0.3, 0.4) is 0 Å². The Labute approximate surface area is 255 Å². The molecule has 0 heterocycles. The first-order valence-corrected chi connectivity index (χ1v) is 13.6. The van der Waals surface area contributed by atoms with Crippen LogP contribution < -0.4 is 34.7 Å². The Morgan fingerprint density at radius 3 is 1.95 bits per heavy atom. The number of carboxylic acid groups (broad SMARTS) is 1. The minimum Gasteiger partial charge on any atom is -0.550 e. The molecule has 3 aromatic carbocycles. The number of aliphatic carboxylic acids is 1. The van der Waals surface area contributed by atoms with E-state index in [-0.39, 0.29) is 40.5 Å². The Morgan fingerprint density at radius 2 is 1.46 bits per heavy atom. The fourth-order valence-corrected chi connectivity index (χ4v) is 5.42. The summed E-state index contributed by atoms with van der Waals surface area (Å²) in [5.41, 5.74) is 6.59. The van der Waals surface area contributed by atoms with Crippen LogP contribution in [0.15, 0.2) is 60.7 Å². The molecule has 1 N–H and O–H groups in total. The second kappa shape index (κ2) is 13.9. The molecule has 0 aliphatic heterocycles. The third-order valence-corrected chi connectivity index (χ3v) is 8.30. The minimum absolute atomic E-state index is 0. The second-order valence-electron chi connectivity index (χ2n) is 10.4. The van der Waals surface area contributed by atoms with Gasteiger partial charge in [-0.15, -0.1) is 0 Å². The van der Waals surface area contributed by atoms with Crippen LogP contribution in [0.1, 0.15) is 86.8 Å². The van der Waals surface area contributed by atoms with E-state index in [4.69, 9.17) is 0 Å². The molecule has 0 saturated heterocycles. The summed E-state index contributed by atoms with van der Waals surface area (Å²) >= 11 is 0. The van der Waals surface area contributed by atoms with Crippen molar-refractivity contribution in [3.05, 3.63) is 99.9 Å². The van der Waals surface area contributed by atoms with Crippen molar-refractivity contribution in [2.75, 3.05) is 0 Å². The van der Waals surface area contributed by atoms with Gasteiger partial charge in [-0.05, 0) is 90.1 Å². The van der Waals surface area contributed by atoms with Crippen molar-refractivity contribution in [1.29, 1.82) is 0 Å². The van der Waals surface area contributed by atoms with Crippen LogP contribution in [0.2, 0.25) is 0 Å². The Kier molecular flexibility index (Phi) is 11.7. The predicted molar refractivity (Wildman–Crippen MR) is 152 cm³/mol. The van der Waals surface area contributed by atoms with E-state index < -0.39 is 23.8 Å². The third kappa shape index (κ3) is 7.29. The van der Waals surface area contributed by atoms with E-state index in [1.54, 1.807) is 6.07 Å². The molecule has 0 amide bonds. The van der Waals surface area contributed by atoms with Gasteiger partial charge in [-0.1, -0.05) is 88.4 Å². The number of aliphatic hydroxyl groups is 1. The van der Waals surface area contributed by atoms with Gasteiger partial charge in [-0.3, -0.25) is 0 Å². The topological polar surface area (TPSA) is 60.4 Å². The number of carbonyl (C=O) groups excluding carboxylic acids is 1. The molecule has 0 aliphatic rings. The number of rotatable bonds is 11. The molecule has 0 fully saturated rings. The SMILES string of the molecule is CCC(O)(/C=C/c1ccc(C(CC)(CC)c2ccc(-c3ccc(CC(=O)[O-])c(F)c3)c(C)c2)cc1C)CC.[Na+]. The van der Waals surface area contributed by atoms with Crippen molar-refractivity contribution in [1.82, 2.24) is 0 Å². The van der Waals surface area contributed by atoms with Crippen LogP contribution in [0.4, 0.5) is 4.39 Å². The third-order valence-electron chi connectivity index (χ3n) is 8.30. The Balaban J connectivity index is 0.00000533. The van der Waals surface area contributed by atoms with Gasteiger partial charge in [0, 0.05) is 17.8 Å². The summed E-state index contributed by atoms with van der Waals surface area (Å²) in [5, 5.41) is 21.5. The zero-order chi connectivity index (χ0) is 28.1. The number of benzene rings is 3. The van der Waals surface area contributed by atoms with Gasteiger partial charge in [0.15, 0.2) is 0 Å². The van der Waals surface area contributed by atoms with Crippen LogP contribution in [0.5, 0.6) is 0 Å². The van der Waals surface area contributed by atoms with E-state index in [2.05, 4.69) is 51.1 Å². The van der Waals surface area contributed by atoms with Gasteiger partial charge in [0.1, 0.15) is 5.82 Å². The number of carbonyl (C=O) groups is 1. The molecule has 0 aliphatic carbocycles. The molecule has 39 heavy (non-hydrogen) atoms. The molecule has 5 heteroatoms. The number of aryl methyl sites for hydroxylation is 2. The van der Waals surface area contributed by atoms with Gasteiger partial charge in [0.2, 0.25) is 0 Å². The van der Waals surface area contributed by atoms with Crippen molar-refractivity contribution in [3.8, 4) is 11.1 Å². The molecule has 3 rings (SSSR count). The van der Waals surface area contributed by atoms with E-state index in [1.807, 2.05) is 39.0 Å². The average Bonchev–Trinajstić information content (AvgIpc) is 2.90. The first-order valence-electron chi connectivity index (χ1n) is 13.6. The van der Waals surface area contributed by atoms with Crippen LogP contribution >= 0.6 is 0 Å². The smallest absolute Gasteiger partial charge is 0.550 e. The van der Waals surface area contributed by atoms with Crippen molar-refractivity contribution in [2.45, 2.75) is 84.7 Å². The Morgan fingerprint density at radius 1 is 0.872 bits per heavy atom. The van der Waals surface area contributed by atoms with Crippen molar-refractivity contribution < 1.29 is 49.0 Å². The van der Waals surface area contributed by atoms with Gasteiger partial charge < -0.3 is 15.0 Å². The van der Waals surface area contributed by atoms with Crippen molar-refractivity contribution in [3.63, 3.8) is 0 Å². The van der Waals surface area contributed by atoms with Crippen LogP contribution in [0, 0.1) is 19.7 Å². The first kappa shape index (κ1) is 33.0. The molecular weight excluding hydrogens is 498 g/mol. The summed E-state index contributed by atoms with van der Waals surface area (Å²) in [6, 6.07) is 17.7. The van der Waals surface area contributed by atoms with Crippen LogP contribution in [-0.2, 0) is 16.6 Å². The quantitative estimate of drug-likeness (QED) is 0.375. The maximum absolute atomic E-state index is 14.5. The molecule has 202 valence electrons. The summed E-state index contributed by atoms with van der Waals surface area (Å²) in [7, 11) is 0. The average molecular weight is 539 g/mol. The fourth-order valence-electron chi connectivity index (χ4n) is 5.42. The predicted octanol–water partition coefficient (Wildman–Crippen LogP) is 4.08. The summed E-state index contributed by atoms with van der Waals surface area (Å²) in [4.78, 5) is 10.9. The number of hydrogen-bond acceptors (Lipinski definition) is 3.